The Kier molecular flexibility index (Phi) is 4.23. The topological polar surface area (TPSA) is 72.9 Å². The fourth-order valence-electron chi connectivity index (χ4n) is 3.30. The second-order valence-corrected chi connectivity index (χ2v) is 6.34. The first-order chi connectivity index (χ1) is 12.2. The zero-order valence-electron chi connectivity index (χ0n) is 14.1. The molecule has 7 heteroatoms. The van der Waals surface area contributed by atoms with Crippen molar-refractivity contribution in [2.24, 2.45) is 5.92 Å². The first kappa shape index (κ1) is 15.8. The highest BCUT2D eigenvalue weighted by Crippen LogP contribution is 2.19. The summed E-state index contributed by atoms with van der Waals surface area (Å²) < 4.78 is 13.0. The van der Waals surface area contributed by atoms with E-state index >= 15 is 0 Å². The van der Waals surface area contributed by atoms with Crippen molar-refractivity contribution in [2.75, 3.05) is 26.3 Å². The molecule has 1 fully saturated rings. The molecule has 0 aliphatic carbocycles. The van der Waals surface area contributed by atoms with Gasteiger partial charge in [-0.1, -0.05) is 0 Å². The minimum Gasteiger partial charge on any atom is -0.438 e. The van der Waals surface area contributed by atoms with Crippen LogP contribution in [0.1, 0.15) is 21.9 Å². The molecule has 0 aromatic carbocycles. The number of aromatic nitrogens is 3. The van der Waals surface area contributed by atoms with Crippen molar-refractivity contribution >= 4 is 11.4 Å². The number of oxazole rings is 1. The van der Waals surface area contributed by atoms with E-state index < -0.39 is 0 Å². The number of nitrogens with zero attached hydrogens (tertiary/aromatic N) is 4. The van der Waals surface area contributed by atoms with Crippen LogP contribution in [0.5, 0.6) is 0 Å². The largest absolute Gasteiger partial charge is 0.438 e. The summed E-state index contributed by atoms with van der Waals surface area (Å²) >= 11 is 0. The average molecular weight is 340 g/mol. The molecule has 0 spiro atoms. The molecule has 1 aliphatic heterocycles. The van der Waals surface area contributed by atoms with Crippen LogP contribution in [0.25, 0.3) is 5.52 Å². The molecule has 25 heavy (non-hydrogen) atoms. The van der Waals surface area contributed by atoms with Gasteiger partial charge in [-0.3, -0.25) is 9.78 Å². The minimum absolute atomic E-state index is 0.126. The normalized spacial score (nSPS) is 18.4. The lowest BCUT2D eigenvalue weighted by Gasteiger charge is -2.22. The lowest BCUT2D eigenvalue weighted by Crippen LogP contribution is -2.36. The van der Waals surface area contributed by atoms with E-state index in [2.05, 4.69) is 20.4 Å². The monoisotopic (exact) mass is 340 g/mol. The first-order valence-corrected chi connectivity index (χ1v) is 8.40. The van der Waals surface area contributed by atoms with E-state index in [9.17, 15) is 4.79 Å². The summed E-state index contributed by atoms with van der Waals surface area (Å²) in [6.45, 7) is 4.08. The second-order valence-electron chi connectivity index (χ2n) is 6.34. The second kappa shape index (κ2) is 6.68. The van der Waals surface area contributed by atoms with E-state index in [0.717, 1.165) is 17.6 Å². The molecule has 0 radical (unpaired) electrons. The smallest absolute Gasteiger partial charge is 0.291 e. The molecule has 7 nitrogen and oxygen atoms in total. The quantitative estimate of drug-likeness (QED) is 0.729. The Bertz CT molecular complexity index is 885. The van der Waals surface area contributed by atoms with Crippen LogP contribution in [0.2, 0.25) is 0 Å². The Morgan fingerprint density at radius 1 is 1.36 bits per heavy atom. The first-order valence-electron chi connectivity index (χ1n) is 8.40. The van der Waals surface area contributed by atoms with Crippen molar-refractivity contribution in [3.05, 3.63) is 54.3 Å². The number of ether oxygens (including phenoxy) is 1. The summed E-state index contributed by atoms with van der Waals surface area (Å²) in [4.78, 5) is 23.1. The van der Waals surface area contributed by atoms with E-state index in [-0.39, 0.29) is 11.8 Å². The highest BCUT2D eigenvalue weighted by atomic mass is 16.5. The molecule has 1 unspecified atom stereocenters. The van der Waals surface area contributed by atoms with Gasteiger partial charge in [0.1, 0.15) is 0 Å². The summed E-state index contributed by atoms with van der Waals surface area (Å²) in [5.74, 6) is 0.370. The Morgan fingerprint density at radius 2 is 2.28 bits per heavy atom. The van der Waals surface area contributed by atoms with Crippen LogP contribution in [0.4, 0.5) is 0 Å². The minimum atomic E-state index is -0.126. The summed E-state index contributed by atoms with van der Waals surface area (Å²) in [6, 6.07) is 4.06. The standard InChI is InChI=1S/C18H20N4O3/c1-13-17(25-12-20-13)18(23)22-7-8-24-11-14(10-22)9-15-16-3-2-5-21(16)6-4-19-15/h2-6,12,14H,7-11H2,1H3. The van der Waals surface area contributed by atoms with Crippen LogP contribution in [0.3, 0.4) is 0 Å². The lowest BCUT2D eigenvalue weighted by atomic mass is 10.0. The molecule has 1 aliphatic rings. The fraction of sp³-hybridized carbons (Fsp3) is 0.389. The van der Waals surface area contributed by atoms with Gasteiger partial charge in [0.05, 0.1) is 30.1 Å². The summed E-state index contributed by atoms with van der Waals surface area (Å²) in [7, 11) is 0. The highest BCUT2D eigenvalue weighted by Gasteiger charge is 2.27. The van der Waals surface area contributed by atoms with Gasteiger partial charge in [-0.2, -0.15) is 0 Å². The molecule has 1 atom stereocenters. The van der Waals surface area contributed by atoms with Crippen molar-refractivity contribution < 1.29 is 13.9 Å². The predicted molar refractivity (Wildman–Crippen MR) is 90.3 cm³/mol. The summed E-state index contributed by atoms with van der Waals surface area (Å²) in [6.07, 6.45) is 7.82. The maximum absolute atomic E-state index is 12.7. The fourth-order valence-corrected chi connectivity index (χ4v) is 3.30. The van der Waals surface area contributed by atoms with Crippen molar-refractivity contribution in [3.63, 3.8) is 0 Å². The molecule has 3 aromatic heterocycles. The van der Waals surface area contributed by atoms with Gasteiger partial charge in [0.15, 0.2) is 6.39 Å². The number of hydrogen-bond donors (Lipinski definition) is 0. The molecule has 0 bridgehead atoms. The molecule has 1 saturated heterocycles. The highest BCUT2D eigenvalue weighted by molar-refractivity contribution is 5.92. The molecule has 4 rings (SSSR count). The van der Waals surface area contributed by atoms with Crippen molar-refractivity contribution in [1.82, 2.24) is 19.3 Å². The van der Waals surface area contributed by atoms with Crippen LogP contribution in [-0.4, -0.2) is 51.5 Å². The van der Waals surface area contributed by atoms with Gasteiger partial charge < -0.3 is 18.5 Å². The van der Waals surface area contributed by atoms with Crippen LogP contribution in [0, 0.1) is 12.8 Å². The third-order valence-corrected chi connectivity index (χ3v) is 4.58. The predicted octanol–water partition coefficient (Wildman–Crippen LogP) is 1.96. The van der Waals surface area contributed by atoms with Gasteiger partial charge in [-0.05, 0) is 25.5 Å². The van der Waals surface area contributed by atoms with E-state index in [1.807, 2.05) is 18.5 Å². The Labute approximate surface area is 145 Å². The number of aryl methyl sites for hydroxylation is 1. The molecular weight excluding hydrogens is 320 g/mol. The lowest BCUT2D eigenvalue weighted by molar-refractivity contribution is 0.0704. The van der Waals surface area contributed by atoms with Gasteiger partial charge in [-0.15, -0.1) is 0 Å². The van der Waals surface area contributed by atoms with Crippen molar-refractivity contribution in [2.45, 2.75) is 13.3 Å². The Hall–Kier alpha value is -2.67. The maximum atomic E-state index is 12.7. The number of rotatable bonds is 3. The number of amides is 1. The number of carbonyl (C=O) groups excluding carboxylic acids is 1. The molecule has 0 N–H and O–H groups in total. The van der Waals surface area contributed by atoms with Gasteiger partial charge in [0, 0.05) is 37.6 Å². The zero-order valence-corrected chi connectivity index (χ0v) is 14.1. The van der Waals surface area contributed by atoms with E-state index in [0.29, 0.717) is 37.8 Å². The van der Waals surface area contributed by atoms with Gasteiger partial charge >= 0.3 is 0 Å². The SMILES string of the molecule is Cc1ncoc1C(=O)N1CCOCC(Cc2nccn3cccc23)C1. The van der Waals surface area contributed by atoms with E-state index in [1.165, 1.54) is 6.39 Å². The molecule has 3 aromatic rings. The van der Waals surface area contributed by atoms with Gasteiger partial charge in [-0.25, -0.2) is 4.98 Å². The van der Waals surface area contributed by atoms with E-state index in [4.69, 9.17) is 9.15 Å². The number of hydrogen-bond acceptors (Lipinski definition) is 5. The van der Waals surface area contributed by atoms with Crippen LogP contribution in [-0.2, 0) is 11.2 Å². The third-order valence-electron chi connectivity index (χ3n) is 4.58. The number of carbonyl (C=O) groups is 1. The van der Waals surface area contributed by atoms with Gasteiger partial charge in [0.2, 0.25) is 5.76 Å². The molecule has 4 heterocycles. The summed E-state index contributed by atoms with van der Waals surface area (Å²) in [5.41, 5.74) is 2.73. The van der Waals surface area contributed by atoms with Crippen LogP contribution in [0.15, 0.2) is 41.5 Å². The molecule has 0 saturated carbocycles. The zero-order chi connectivity index (χ0) is 17.2. The van der Waals surface area contributed by atoms with E-state index in [1.54, 1.807) is 18.0 Å². The van der Waals surface area contributed by atoms with Gasteiger partial charge in [0.25, 0.3) is 5.91 Å². The Morgan fingerprint density at radius 3 is 3.12 bits per heavy atom. The number of fused-ring (bicyclic) bond motifs is 1. The average Bonchev–Trinajstić information content (AvgIpc) is 3.19. The van der Waals surface area contributed by atoms with Crippen LogP contribution < -0.4 is 0 Å². The Balaban J connectivity index is 1.53. The van der Waals surface area contributed by atoms with Crippen molar-refractivity contribution in [3.8, 4) is 0 Å². The summed E-state index contributed by atoms with van der Waals surface area (Å²) in [5, 5.41) is 0. The molecule has 130 valence electrons. The van der Waals surface area contributed by atoms with Crippen molar-refractivity contribution in [1.29, 1.82) is 0 Å². The molecular formula is C18H20N4O3. The molecule has 1 amide bonds. The van der Waals surface area contributed by atoms with Crippen LogP contribution >= 0.6 is 0 Å². The maximum Gasteiger partial charge on any atom is 0.291 e. The third kappa shape index (κ3) is 3.15.